The van der Waals surface area contributed by atoms with Gasteiger partial charge in [-0.25, -0.2) is 0 Å². The molecule has 1 rings (SSSR count). The SMILES string of the molecule is CCCCCCC(C)(CCCCC)c1ccon1. The lowest BCUT2D eigenvalue weighted by molar-refractivity contribution is 0.326. The van der Waals surface area contributed by atoms with Crippen LogP contribution < -0.4 is 0 Å². The van der Waals surface area contributed by atoms with Gasteiger partial charge >= 0.3 is 0 Å². The number of nitrogens with zero attached hydrogens (tertiary/aromatic N) is 1. The summed E-state index contributed by atoms with van der Waals surface area (Å²) in [6, 6.07) is 2.05. The van der Waals surface area contributed by atoms with Gasteiger partial charge in [0, 0.05) is 11.5 Å². The van der Waals surface area contributed by atoms with E-state index in [4.69, 9.17) is 4.52 Å². The lowest BCUT2D eigenvalue weighted by atomic mass is 9.77. The third kappa shape index (κ3) is 4.83. The number of hydrogen-bond donors (Lipinski definition) is 0. The van der Waals surface area contributed by atoms with Gasteiger partial charge in [0.1, 0.15) is 6.26 Å². The minimum Gasteiger partial charge on any atom is -0.364 e. The normalized spacial score (nSPS) is 14.6. The maximum Gasteiger partial charge on any atom is 0.124 e. The standard InChI is InChI=1S/C16H29NO/c1-4-6-8-10-13-16(3,12-9-7-5-2)15-11-14-18-17-15/h11,14H,4-10,12-13H2,1-3H3. The van der Waals surface area contributed by atoms with Crippen molar-refractivity contribution in [1.82, 2.24) is 5.16 Å². The fourth-order valence-corrected chi connectivity index (χ4v) is 2.61. The van der Waals surface area contributed by atoms with E-state index in [-0.39, 0.29) is 5.41 Å². The van der Waals surface area contributed by atoms with Gasteiger partial charge < -0.3 is 4.52 Å². The zero-order chi connectivity index (χ0) is 13.3. The molecule has 0 saturated carbocycles. The van der Waals surface area contributed by atoms with E-state index in [9.17, 15) is 0 Å². The average Bonchev–Trinajstić information content (AvgIpc) is 2.89. The van der Waals surface area contributed by atoms with Crippen molar-refractivity contribution in [3.8, 4) is 0 Å². The zero-order valence-corrected chi connectivity index (χ0v) is 12.4. The van der Waals surface area contributed by atoms with E-state index in [0.717, 1.165) is 5.69 Å². The Morgan fingerprint density at radius 1 is 1.00 bits per heavy atom. The van der Waals surface area contributed by atoms with Crippen LogP contribution in [0.3, 0.4) is 0 Å². The molecule has 2 heteroatoms. The molecule has 18 heavy (non-hydrogen) atoms. The minimum absolute atomic E-state index is 0.218. The molecule has 0 bridgehead atoms. The first kappa shape index (κ1) is 15.3. The molecule has 2 nitrogen and oxygen atoms in total. The Morgan fingerprint density at radius 3 is 2.17 bits per heavy atom. The summed E-state index contributed by atoms with van der Waals surface area (Å²) in [4.78, 5) is 0. The summed E-state index contributed by atoms with van der Waals surface area (Å²) in [7, 11) is 0. The van der Waals surface area contributed by atoms with E-state index in [1.807, 2.05) is 6.07 Å². The predicted octanol–water partition coefficient (Wildman–Crippen LogP) is 5.48. The zero-order valence-electron chi connectivity index (χ0n) is 12.4. The number of aromatic nitrogens is 1. The van der Waals surface area contributed by atoms with Crippen molar-refractivity contribution < 1.29 is 4.52 Å². The molecule has 1 unspecified atom stereocenters. The highest BCUT2D eigenvalue weighted by Gasteiger charge is 2.28. The minimum atomic E-state index is 0.218. The summed E-state index contributed by atoms with van der Waals surface area (Å²) in [5.41, 5.74) is 1.37. The Balaban J connectivity index is 2.51. The van der Waals surface area contributed by atoms with Crippen molar-refractivity contribution in [3.63, 3.8) is 0 Å². The smallest absolute Gasteiger partial charge is 0.124 e. The van der Waals surface area contributed by atoms with Gasteiger partial charge in [0.25, 0.3) is 0 Å². The van der Waals surface area contributed by atoms with Crippen LogP contribution in [0.4, 0.5) is 0 Å². The Morgan fingerprint density at radius 2 is 1.61 bits per heavy atom. The molecule has 1 aromatic heterocycles. The highest BCUT2D eigenvalue weighted by atomic mass is 16.5. The van der Waals surface area contributed by atoms with Crippen molar-refractivity contribution in [3.05, 3.63) is 18.0 Å². The van der Waals surface area contributed by atoms with Crippen LogP contribution in [-0.2, 0) is 5.41 Å². The summed E-state index contributed by atoms with van der Waals surface area (Å²) in [5.74, 6) is 0. The van der Waals surface area contributed by atoms with Crippen LogP contribution in [0.5, 0.6) is 0 Å². The van der Waals surface area contributed by atoms with Gasteiger partial charge in [-0.05, 0) is 12.8 Å². The Labute approximate surface area is 112 Å². The van der Waals surface area contributed by atoms with Crippen molar-refractivity contribution >= 4 is 0 Å². The molecular weight excluding hydrogens is 222 g/mol. The fourth-order valence-electron chi connectivity index (χ4n) is 2.61. The van der Waals surface area contributed by atoms with E-state index in [1.54, 1.807) is 6.26 Å². The van der Waals surface area contributed by atoms with Gasteiger partial charge in [0.15, 0.2) is 0 Å². The van der Waals surface area contributed by atoms with Crippen molar-refractivity contribution in [2.24, 2.45) is 0 Å². The van der Waals surface area contributed by atoms with Crippen molar-refractivity contribution in [2.75, 3.05) is 0 Å². The molecule has 0 N–H and O–H groups in total. The van der Waals surface area contributed by atoms with E-state index in [2.05, 4.69) is 25.9 Å². The van der Waals surface area contributed by atoms with Crippen LogP contribution >= 0.6 is 0 Å². The maximum absolute atomic E-state index is 5.04. The third-order valence-corrected chi connectivity index (χ3v) is 3.97. The van der Waals surface area contributed by atoms with Crippen molar-refractivity contribution in [2.45, 2.75) is 84.0 Å². The van der Waals surface area contributed by atoms with E-state index >= 15 is 0 Å². The molecule has 0 aliphatic carbocycles. The third-order valence-electron chi connectivity index (χ3n) is 3.97. The Hall–Kier alpha value is -0.790. The van der Waals surface area contributed by atoms with Crippen LogP contribution in [0.15, 0.2) is 16.9 Å². The second-order valence-corrected chi connectivity index (χ2v) is 5.71. The van der Waals surface area contributed by atoms with Crippen LogP contribution in [0, 0.1) is 0 Å². The first-order chi connectivity index (χ1) is 8.73. The molecule has 0 amide bonds. The highest BCUT2D eigenvalue weighted by Crippen LogP contribution is 2.34. The van der Waals surface area contributed by atoms with Crippen LogP contribution in [0.1, 0.15) is 84.3 Å². The van der Waals surface area contributed by atoms with Gasteiger partial charge in [-0.15, -0.1) is 0 Å². The molecule has 0 radical (unpaired) electrons. The first-order valence-corrected chi connectivity index (χ1v) is 7.64. The largest absolute Gasteiger partial charge is 0.364 e. The lowest BCUT2D eigenvalue weighted by Gasteiger charge is -2.27. The van der Waals surface area contributed by atoms with Gasteiger partial charge in [-0.2, -0.15) is 0 Å². The molecule has 0 fully saturated rings. The Bertz CT molecular complexity index is 294. The molecule has 1 heterocycles. The molecule has 104 valence electrons. The van der Waals surface area contributed by atoms with Gasteiger partial charge in [-0.3, -0.25) is 0 Å². The van der Waals surface area contributed by atoms with Gasteiger partial charge in [0.05, 0.1) is 5.69 Å². The molecule has 1 atom stereocenters. The predicted molar refractivity (Wildman–Crippen MR) is 76.8 cm³/mol. The fraction of sp³-hybridized carbons (Fsp3) is 0.812. The molecule has 0 aromatic carbocycles. The van der Waals surface area contributed by atoms with Crippen molar-refractivity contribution in [1.29, 1.82) is 0 Å². The molecule has 1 aromatic rings. The second kappa shape index (κ2) is 8.34. The molecule has 0 saturated heterocycles. The monoisotopic (exact) mass is 251 g/mol. The Kier molecular flexibility index (Phi) is 7.07. The van der Waals surface area contributed by atoms with Crippen LogP contribution in [0.2, 0.25) is 0 Å². The van der Waals surface area contributed by atoms with E-state index < -0.39 is 0 Å². The first-order valence-electron chi connectivity index (χ1n) is 7.64. The topological polar surface area (TPSA) is 26.0 Å². The van der Waals surface area contributed by atoms with Gasteiger partial charge in [0.2, 0.25) is 0 Å². The van der Waals surface area contributed by atoms with Gasteiger partial charge in [-0.1, -0.05) is 70.9 Å². The summed E-state index contributed by atoms with van der Waals surface area (Å²) in [6.07, 6.45) is 13.4. The summed E-state index contributed by atoms with van der Waals surface area (Å²) in [6.45, 7) is 6.87. The van der Waals surface area contributed by atoms with Crippen LogP contribution in [0.25, 0.3) is 0 Å². The summed E-state index contributed by atoms with van der Waals surface area (Å²) < 4.78 is 5.04. The van der Waals surface area contributed by atoms with E-state index in [1.165, 1.54) is 57.8 Å². The quantitative estimate of drug-likeness (QED) is 0.514. The molecule has 0 spiro atoms. The molecular formula is C16H29NO. The lowest BCUT2D eigenvalue weighted by Crippen LogP contribution is -2.22. The number of unbranched alkanes of at least 4 members (excludes halogenated alkanes) is 5. The highest BCUT2D eigenvalue weighted by molar-refractivity contribution is 5.11. The van der Waals surface area contributed by atoms with E-state index in [0.29, 0.717) is 0 Å². The number of hydrogen-bond acceptors (Lipinski definition) is 2. The van der Waals surface area contributed by atoms with Crippen LogP contribution in [-0.4, -0.2) is 5.16 Å². The maximum atomic E-state index is 5.04. The molecule has 0 aliphatic heterocycles. The molecule has 0 aliphatic rings. The number of rotatable bonds is 10. The second-order valence-electron chi connectivity index (χ2n) is 5.71. The summed E-state index contributed by atoms with van der Waals surface area (Å²) in [5, 5.41) is 4.19. The summed E-state index contributed by atoms with van der Waals surface area (Å²) >= 11 is 0. The average molecular weight is 251 g/mol.